The van der Waals surface area contributed by atoms with Crippen LogP contribution in [-0.2, 0) is 10.2 Å². The van der Waals surface area contributed by atoms with Crippen molar-refractivity contribution < 1.29 is 8.42 Å². The third-order valence-electron chi connectivity index (χ3n) is 4.58. The quantitative estimate of drug-likeness (QED) is 0.836. The van der Waals surface area contributed by atoms with E-state index in [0.29, 0.717) is 25.6 Å². The summed E-state index contributed by atoms with van der Waals surface area (Å²) in [5.41, 5.74) is 0. The molecule has 1 N–H and O–H groups in total. The van der Waals surface area contributed by atoms with Gasteiger partial charge >= 0.3 is 0 Å². The van der Waals surface area contributed by atoms with Crippen LogP contribution >= 0.6 is 0 Å². The van der Waals surface area contributed by atoms with Crippen LogP contribution < -0.4 is 5.32 Å². The summed E-state index contributed by atoms with van der Waals surface area (Å²) in [4.78, 5) is 0. The highest BCUT2D eigenvalue weighted by Crippen LogP contribution is 2.23. The van der Waals surface area contributed by atoms with Crippen molar-refractivity contribution in [3.05, 3.63) is 0 Å². The summed E-state index contributed by atoms with van der Waals surface area (Å²) < 4.78 is 29.1. The van der Waals surface area contributed by atoms with Gasteiger partial charge in [-0.15, -0.1) is 0 Å². The molecule has 0 aromatic rings. The van der Waals surface area contributed by atoms with Crippen LogP contribution in [0.3, 0.4) is 0 Å². The first-order valence-corrected chi connectivity index (χ1v) is 9.43. The molecule has 0 aliphatic carbocycles. The van der Waals surface area contributed by atoms with E-state index in [2.05, 4.69) is 5.32 Å². The normalized spacial score (nSPS) is 29.8. The van der Waals surface area contributed by atoms with Gasteiger partial charge in [-0.05, 0) is 51.6 Å². The van der Waals surface area contributed by atoms with Gasteiger partial charge in [0, 0.05) is 25.7 Å². The third-order valence-corrected chi connectivity index (χ3v) is 6.77. The van der Waals surface area contributed by atoms with Gasteiger partial charge in [0.05, 0.1) is 0 Å². The maximum absolute atomic E-state index is 12.8. The molecule has 2 unspecified atom stereocenters. The molecule has 0 aromatic heterocycles. The van der Waals surface area contributed by atoms with Crippen molar-refractivity contribution in [2.45, 2.75) is 52.0 Å². The van der Waals surface area contributed by atoms with Gasteiger partial charge in [0.25, 0.3) is 10.2 Å². The Morgan fingerprint density at radius 2 is 2.05 bits per heavy atom. The predicted octanol–water partition coefficient (Wildman–Crippen LogP) is 1.43. The lowest BCUT2D eigenvalue weighted by Gasteiger charge is -2.37. The van der Waals surface area contributed by atoms with Gasteiger partial charge in [-0.25, -0.2) is 0 Å². The first-order valence-electron chi connectivity index (χ1n) is 8.03. The fourth-order valence-corrected chi connectivity index (χ4v) is 5.26. The van der Waals surface area contributed by atoms with Crippen LogP contribution in [-0.4, -0.2) is 55.8 Å². The first-order chi connectivity index (χ1) is 9.55. The minimum Gasteiger partial charge on any atom is -0.316 e. The molecule has 20 heavy (non-hydrogen) atoms. The van der Waals surface area contributed by atoms with Crippen molar-refractivity contribution in [2.75, 3.05) is 32.7 Å². The largest absolute Gasteiger partial charge is 0.316 e. The molecular weight excluding hydrogens is 274 g/mol. The maximum atomic E-state index is 12.8. The van der Waals surface area contributed by atoms with E-state index in [1.165, 1.54) is 0 Å². The second-order valence-corrected chi connectivity index (χ2v) is 8.01. The SMILES string of the molecule is CCN(CC1CCCNC1)S(=O)(=O)N1CCCCC1C. The zero-order valence-electron chi connectivity index (χ0n) is 12.8. The lowest BCUT2D eigenvalue weighted by Crippen LogP contribution is -2.51. The van der Waals surface area contributed by atoms with Crippen LogP contribution in [0.5, 0.6) is 0 Å². The van der Waals surface area contributed by atoms with Gasteiger partial charge in [0.1, 0.15) is 0 Å². The van der Waals surface area contributed by atoms with Crippen molar-refractivity contribution in [3.8, 4) is 0 Å². The Kier molecular flexibility index (Phi) is 5.84. The highest BCUT2D eigenvalue weighted by Gasteiger charge is 2.34. The van der Waals surface area contributed by atoms with E-state index in [1.54, 1.807) is 8.61 Å². The third kappa shape index (κ3) is 3.72. The number of hydrogen-bond donors (Lipinski definition) is 1. The van der Waals surface area contributed by atoms with Crippen molar-refractivity contribution >= 4 is 10.2 Å². The van der Waals surface area contributed by atoms with Gasteiger partial charge in [-0.3, -0.25) is 0 Å². The van der Waals surface area contributed by atoms with Crippen LogP contribution in [0.25, 0.3) is 0 Å². The molecule has 0 amide bonds. The molecule has 0 spiro atoms. The molecule has 2 heterocycles. The standard InChI is InChI=1S/C14H29N3O2S/c1-3-16(12-14-8-6-9-15-11-14)20(18,19)17-10-5-4-7-13(17)2/h13-15H,3-12H2,1-2H3. The Balaban J connectivity index is 2.03. The lowest BCUT2D eigenvalue weighted by atomic mass is 10.00. The average molecular weight is 303 g/mol. The Morgan fingerprint density at radius 1 is 1.25 bits per heavy atom. The molecule has 0 saturated carbocycles. The molecule has 2 aliphatic rings. The summed E-state index contributed by atoms with van der Waals surface area (Å²) >= 11 is 0. The molecule has 2 aliphatic heterocycles. The Hall–Kier alpha value is -0.170. The van der Waals surface area contributed by atoms with E-state index in [0.717, 1.165) is 45.2 Å². The summed E-state index contributed by atoms with van der Waals surface area (Å²) in [6.07, 6.45) is 5.41. The fourth-order valence-electron chi connectivity index (χ4n) is 3.32. The first kappa shape index (κ1) is 16.2. The van der Waals surface area contributed by atoms with Crippen molar-refractivity contribution in [1.29, 1.82) is 0 Å². The topological polar surface area (TPSA) is 52.7 Å². The van der Waals surface area contributed by atoms with Crippen LogP contribution in [0.1, 0.15) is 46.0 Å². The monoisotopic (exact) mass is 303 g/mol. The fraction of sp³-hybridized carbons (Fsp3) is 1.00. The highest BCUT2D eigenvalue weighted by molar-refractivity contribution is 7.86. The highest BCUT2D eigenvalue weighted by atomic mass is 32.2. The van der Waals surface area contributed by atoms with Crippen LogP contribution in [0, 0.1) is 5.92 Å². The molecule has 2 atom stereocenters. The van der Waals surface area contributed by atoms with E-state index < -0.39 is 10.2 Å². The summed E-state index contributed by atoms with van der Waals surface area (Å²) in [5.74, 6) is 0.457. The summed E-state index contributed by atoms with van der Waals surface area (Å²) in [6.45, 7) is 7.91. The maximum Gasteiger partial charge on any atom is 0.282 e. The average Bonchev–Trinajstić information content (AvgIpc) is 2.46. The van der Waals surface area contributed by atoms with Gasteiger partial charge in [-0.1, -0.05) is 13.3 Å². The summed E-state index contributed by atoms with van der Waals surface area (Å²) in [5, 5.41) is 3.37. The van der Waals surface area contributed by atoms with Gasteiger partial charge < -0.3 is 5.32 Å². The molecule has 0 aromatic carbocycles. The number of nitrogens with zero attached hydrogens (tertiary/aromatic N) is 2. The van der Waals surface area contributed by atoms with Crippen molar-refractivity contribution in [2.24, 2.45) is 5.92 Å². The van der Waals surface area contributed by atoms with Gasteiger partial charge in [0.15, 0.2) is 0 Å². The molecule has 0 bridgehead atoms. The number of nitrogens with one attached hydrogen (secondary N) is 1. The lowest BCUT2D eigenvalue weighted by molar-refractivity contribution is 0.231. The smallest absolute Gasteiger partial charge is 0.282 e. The van der Waals surface area contributed by atoms with Crippen molar-refractivity contribution in [3.63, 3.8) is 0 Å². The number of rotatable bonds is 5. The van der Waals surface area contributed by atoms with E-state index in [9.17, 15) is 8.42 Å². The second-order valence-electron chi connectivity index (χ2n) is 6.13. The zero-order chi connectivity index (χ0) is 14.6. The predicted molar refractivity (Wildman–Crippen MR) is 81.8 cm³/mol. The number of hydrogen-bond acceptors (Lipinski definition) is 3. The van der Waals surface area contributed by atoms with E-state index >= 15 is 0 Å². The van der Waals surface area contributed by atoms with E-state index in [-0.39, 0.29) is 6.04 Å². The molecule has 2 fully saturated rings. The van der Waals surface area contributed by atoms with Crippen molar-refractivity contribution in [1.82, 2.24) is 13.9 Å². The van der Waals surface area contributed by atoms with Gasteiger partial charge in [0.2, 0.25) is 0 Å². The molecular formula is C14H29N3O2S. The summed E-state index contributed by atoms with van der Waals surface area (Å²) in [6, 6.07) is 0.146. The van der Waals surface area contributed by atoms with E-state index in [1.807, 2.05) is 13.8 Å². The number of piperidine rings is 2. The van der Waals surface area contributed by atoms with Gasteiger partial charge in [-0.2, -0.15) is 17.0 Å². The second kappa shape index (κ2) is 7.20. The Morgan fingerprint density at radius 3 is 2.65 bits per heavy atom. The van der Waals surface area contributed by atoms with Crippen LogP contribution in [0.2, 0.25) is 0 Å². The molecule has 6 heteroatoms. The van der Waals surface area contributed by atoms with Crippen LogP contribution in [0.15, 0.2) is 0 Å². The molecule has 2 rings (SSSR count). The molecule has 5 nitrogen and oxygen atoms in total. The van der Waals surface area contributed by atoms with E-state index in [4.69, 9.17) is 0 Å². The Labute approximate surface area is 123 Å². The zero-order valence-corrected chi connectivity index (χ0v) is 13.7. The minimum atomic E-state index is -3.28. The molecule has 2 saturated heterocycles. The minimum absolute atomic E-state index is 0.146. The summed E-state index contributed by atoms with van der Waals surface area (Å²) in [7, 11) is -3.28. The molecule has 0 radical (unpaired) electrons. The Bertz CT molecular complexity index is 393. The van der Waals surface area contributed by atoms with Crippen LogP contribution in [0.4, 0.5) is 0 Å². The molecule has 118 valence electrons.